The van der Waals surface area contributed by atoms with Crippen LogP contribution in [-0.2, 0) is 22.7 Å². The fourth-order valence-corrected chi connectivity index (χ4v) is 7.74. The Bertz CT molecular complexity index is 522. The van der Waals surface area contributed by atoms with Crippen molar-refractivity contribution < 1.29 is 9.47 Å². The first-order valence-corrected chi connectivity index (χ1v) is 12.3. The molecule has 2 heterocycles. The van der Waals surface area contributed by atoms with Crippen molar-refractivity contribution in [3.05, 3.63) is 35.4 Å². The van der Waals surface area contributed by atoms with Crippen molar-refractivity contribution in [1.29, 1.82) is 0 Å². The normalized spacial score (nSPS) is 21.8. The average Bonchev–Trinajstić information content (AvgIpc) is 2.84. The van der Waals surface area contributed by atoms with Gasteiger partial charge in [0.25, 0.3) is 0 Å². The number of hydrogen-bond acceptors (Lipinski definition) is 4. The Morgan fingerprint density at radius 2 is 1.46 bits per heavy atom. The van der Waals surface area contributed by atoms with Gasteiger partial charge in [0.2, 0.25) is 0 Å². The first kappa shape index (κ1) is 20.6. The van der Waals surface area contributed by atoms with E-state index in [1.807, 2.05) is 0 Å². The molecule has 1 fully saturated rings. The van der Waals surface area contributed by atoms with Crippen LogP contribution in [0, 0.1) is 0 Å². The molecule has 2 aliphatic heterocycles. The lowest BCUT2D eigenvalue weighted by atomic mass is 10.0. The van der Waals surface area contributed by atoms with Crippen molar-refractivity contribution in [2.24, 2.45) is 0 Å². The maximum absolute atomic E-state index is 6.40. The summed E-state index contributed by atoms with van der Waals surface area (Å²) in [7, 11) is 0. The van der Waals surface area contributed by atoms with Crippen LogP contribution in [-0.4, -0.2) is 21.4 Å². The molecule has 0 spiro atoms. The van der Waals surface area contributed by atoms with Gasteiger partial charge in [-0.2, -0.15) is 0 Å². The monoisotopic (exact) mass is 394 g/mol. The van der Waals surface area contributed by atoms with E-state index in [1.54, 1.807) is 0 Å². The molecule has 0 N–H and O–H groups in total. The third-order valence-corrected chi connectivity index (χ3v) is 9.06. The highest BCUT2D eigenvalue weighted by atomic mass is 32.2. The van der Waals surface area contributed by atoms with Gasteiger partial charge in [0.15, 0.2) is 5.79 Å². The molecule has 0 unspecified atom stereocenters. The van der Waals surface area contributed by atoms with Crippen molar-refractivity contribution >= 4 is 23.5 Å². The van der Waals surface area contributed by atoms with Crippen LogP contribution in [0.3, 0.4) is 0 Å². The number of hydrogen-bond donors (Lipinski definition) is 0. The maximum Gasteiger partial charge on any atom is 0.169 e. The molecule has 0 bridgehead atoms. The van der Waals surface area contributed by atoms with Crippen molar-refractivity contribution in [1.82, 2.24) is 0 Å². The summed E-state index contributed by atoms with van der Waals surface area (Å²) in [6.45, 7) is 5.92. The quantitative estimate of drug-likeness (QED) is 0.484. The first-order valence-electron chi connectivity index (χ1n) is 10.3. The van der Waals surface area contributed by atoms with Crippen LogP contribution in [0.5, 0.6) is 0 Å². The fourth-order valence-electron chi connectivity index (χ4n) is 4.13. The second-order valence-corrected chi connectivity index (χ2v) is 10.8. The van der Waals surface area contributed by atoms with E-state index < -0.39 is 5.79 Å². The van der Waals surface area contributed by atoms with E-state index in [2.05, 4.69) is 61.6 Å². The Morgan fingerprint density at radius 3 is 2.04 bits per heavy atom. The molecule has 2 nitrogen and oxygen atoms in total. The summed E-state index contributed by atoms with van der Waals surface area (Å²) in [6, 6.07) is 8.54. The van der Waals surface area contributed by atoms with Gasteiger partial charge in [0.1, 0.15) is 0 Å². The van der Waals surface area contributed by atoms with Gasteiger partial charge in [0.05, 0.1) is 17.3 Å². The molecule has 1 saturated heterocycles. The van der Waals surface area contributed by atoms with E-state index in [0.717, 1.165) is 19.3 Å². The second-order valence-electron chi connectivity index (χ2n) is 7.57. The smallest absolute Gasteiger partial charge is 0.169 e. The molecule has 1 aromatic rings. The SMILES string of the molecule is CCCC1(CCCC2(CCC)SCCCS2)OCc2ccccc2CO1. The van der Waals surface area contributed by atoms with E-state index in [-0.39, 0.29) is 0 Å². The van der Waals surface area contributed by atoms with E-state index in [4.69, 9.17) is 9.47 Å². The summed E-state index contributed by atoms with van der Waals surface area (Å²) in [5, 5.41) is 0. The van der Waals surface area contributed by atoms with Crippen molar-refractivity contribution in [2.75, 3.05) is 11.5 Å². The Labute approximate surface area is 168 Å². The molecule has 146 valence electrons. The molecule has 0 aromatic heterocycles. The number of fused-ring (bicyclic) bond motifs is 1. The lowest BCUT2D eigenvalue weighted by Crippen LogP contribution is -2.35. The average molecular weight is 395 g/mol. The molecule has 26 heavy (non-hydrogen) atoms. The summed E-state index contributed by atoms with van der Waals surface area (Å²) in [4.78, 5) is 0. The molecule has 1 aromatic carbocycles. The van der Waals surface area contributed by atoms with Crippen molar-refractivity contribution in [2.45, 2.75) is 88.3 Å². The van der Waals surface area contributed by atoms with E-state index in [1.165, 1.54) is 54.7 Å². The molecule has 0 atom stereocenters. The van der Waals surface area contributed by atoms with Crippen LogP contribution < -0.4 is 0 Å². The summed E-state index contributed by atoms with van der Waals surface area (Å²) < 4.78 is 13.2. The molecule has 3 rings (SSSR count). The zero-order valence-electron chi connectivity index (χ0n) is 16.4. The van der Waals surface area contributed by atoms with Crippen LogP contribution in [0.1, 0.15) is 76.3 Å². The number of rotatable bonds is 8. The lowest BCUT2D eigenvalue weighted by molar-refractivity contribution is -0.252. The molecule has 0 aliphatic carbocycles. The zero-order valence-corrected chi connectivity index (χ0v) is 18.1. The van der Waals surface area contributed by atoms with E-state index >= 15 is 0 Å². The van der Waals surface area contributed by atoms with Gasteiger partial charge < -0.3 is 9.47 Å². The van der Waals surface area contributed by atoms with Gasteiger partial charge in [-0.1, -0.05) is 51.0 Å². The second kappa shape index (κ2) is 9.86. The fraction of sp³-hybridized carbons (Fsp3) is 0.727. The van der Waals surface area contributed by atoms with Gasteiger partial charge in [-0.3, -0.25) is 0 Å². The summed E-state index contributed by atoms with van der Waals surface area (Å²) in [5.41, 5.74) is 2.57. The lowest BCUT2D eigenvalue weighted by Gasteiger charge is -2.38. The topological polar surface area (TPSA) is 18.5 Å². The molecule has 0 amide bonds. The van der Waals surface area contributed by atoms with E-state index in [0.29, 0.717) is 17.3 Å². The van der Waals surface area contributed by atoms with Crippen molar-refractivity contribution in [3.63, 3.8) is 0 Å². The maximum atomic E-state index is 6.40. The Morgan fingerprint density at radius 1 is 0.846 bits per heavy atom. The van der Waals surface area contributed by atoms with Gasteiger partial charge in [0, 0.05) is 12.8 Å². The molecule has 2 aliphatic rings. The standard InChI is InChI=1S/C22H34O2S2/c1-3-11-21(23-17-19-9-5-6-10-20(19)18-24-21)13-7-14-22(12-4-2)25-15-8-16-26-22/h5-6,9-10H,3-4,7-8,11-18H2,1-2H3. The van der Waals surface area contributed by atoms with Gasteiger partial charge >= 0.3 is 0 Å². The Kier molecular flexibility index (Phi) is 7.80. The van der Waals surface area contributed by atoms with Crippen molar-refractivity contribution in [3.8, 4) is 0 Å². The minimum atomic E-state index is -0.398. The summed E-state index contributed by atoms with van der Waals surface area (Å²) in [6.07, 6.45) is 9.55. The third kappa shape index (κ3) is 5.21. The van der Waals surface area contributed by atoms with Crippen LogP contribution in [0.25, 0.3) is 0 Å². The van der Waals surface area contributed by atoms with Crippen LogP contribution in [0.15, 0.2) is 24.3 Å². The van der Waals surface area contributed by atoms with E-state index in [9.17, 15) is 0 Å². The number of benzene rings is 1. The van der Waals surface area contributed by atoms with Crippen LogP contribution in [0.2, 0.25) is 0 Å². The molecular weight excluding hydrogens is 360 g/mol. The first-order chi connectivity index (χ1) is 12.7. The van der Waals surface area contributed by atoms with Gasteiger partial charge in [-0.05, 0) is 48.3 Å². The van der Waals surface area contributed by atoms with Gasteiger partial charge in [-0.15, -0.1) is 23.5 Å². The van der Waals surface area contributed by atoms with Gasteiger partial charge in [-0.25, -0.2) is 0 Å². The Hall–Kier alpha value is -0.160. The highest BCUT2D eigenvalue weighted by Gasteiger charge is 2.37. The Balaban J connectivity index is 1.61. The highest BCUT2D eigenvalue weighted by molar-refractivity contribution is 8.18. The molecule has 0 saturated carbocycles. The number of thioether (sulfide) groups is 2. The third-order valence-electron chi connectivity index (χ3n) is 5.50. The largest absolute Gasteiger partial charge is 0.345 e. The zero-order chi connectivity index (χ0) is 18.3. The highest BCUT2D eigenvalue weighted by Crippen LogP contribution is 2.49. The predicted octanol–water partition coefficient (Wildman–Crippen LogP) is 6.77. The molecule has 0 radical (unpaired) electrons. The summed E-state index contributed by atoms with van der Waals surface area (Å²) >= 11 is 4.42. The molecule has 4 heteroatoms. The molecular formula is C22H34O2S2. The predicted molar refractivity (Wildman–Crippen MR) is 115 cm³/mol. The van der Waals surface area contributed by atoms with Crippen LogP contribution >= 0.6 is 23.5 Å². The van der Waals surface area contributed by atoms with Crippen LogP contribution in [0.4, 0.5) is 0 Å². The summed E-state index contributed by atoms with van der Waals surface area (Å²) in [5.74, 6) is 2.26. The minimum absolute atomic E-state index is 0.398. The number of ether oxygens (including phenoxy) is 2. The minimum Gasteiger partial charge on any atom is -0.345 e.